The van der Waals surface area contributed by atoms with E-state index in [-0.39, 0.29) is 0 Å². The number of aliphatic imine (C=N–C) groups is 1. The number of aromatic nitrogens is 2. The van der Waals surface area contributed by atoms with Gasteiger partial charge in [-0.25, -0.2) is 9.67 Å². The van der Waals surface area contributed by atoms with E-state index in [4.69, 9.17) is 0 Å². The molecule has 2 rings (SSSR count). The molecule has 0 fully saturated rings. The maximum absolute atomic E-state index is 4.31. The molecule has 0 saturated heterocycles. The molecule has 0 radical (unpaired) electrons. The third kappa shape index (κ3) is 1.75. The lowest BCUT2D eigenvalue weighted by Crippen LogP contribution is -1.94. The second-order valence-corrected chi connectivity index (χ2v) is 2.95. The van der Waals surface area contributed by atoms with Gasteiger partial charge in [0, 0.05) is 18.6 Å². The van der Waals surface area contributed by atoms with E-state index in [0.29, 0.717) is 0 Å². The SMILES string of the molecule is CC1=CCC=C(n2cccn2)N=C1. The van der Waals surface area contributed by atoms with E-state index in [0.717, 1.165) is 12.2 Å². The number of hydrogen-bond donors (Lipinski definition) is 0. The van der Waals surface area contributed by atoms with Crippen molar-refractivity contribution in [3.05, 3.63) is 36.2 Å². The number of nitrogens with zero attached hydrogens (tertiary/aromatic N) is 3. The molecular formula is C10H11N3. The summed E-state index contributed by atoms with van der Waals surface area (Å²) >= 11 is 0. The summed E-state index contributed by atoms with van der Waals surface area (Å²) in [6, 6.07) is 1.89. The highest BCUT2D eigenvalue weighted by molar-refractivity contribution is 5.82. The predicted octanol–water partition coefficient (Wildman–Crippen LogP) is 2.10. The van der Waals surface area contributed by atoms with Crippen LogP contribution in [0.2, 0.25) is 0 Å². The molecule has 1 aromatic heterocycles. The van der Waals surface area contributed by atoms with Crippen LogP contribution < -0.4 is 0 Å². The molecule has 0 atom stereocenters. The number of allylic oxidation sites excluding steroid dienone is 3. The van der Waals surface area contributed by atoms with Crippen molar-refractivity contribution in [3.8, 4) is 0 Å². The topological polar surface area (TPSA) is 30.2 Å². The van der Waals surface area contributed by atoms with Gasteiger partial charge in [0.15, 0.2) is 0 Å². The summed E-state index contributed by atoms with van der Waals surface area (Å²) in [6.07, 6.45) is 10.6. The van der Waals surface area contributed by atoms with Crippen LogP contribution in [0.25, 0.3) is 5.82 Å². The Labute approximate surface area is 77.1 Å². The van der Waals surface area contributed by atoms with E-state index in [1.54, 1.807) is 10.9 Å². The second-order valence-electron chi connectivity index (χ2n) is 2.95. The van der Waals surface area contributed by atoms with Crippen molar-refractivity contribution in [2.45, 2.75) is 13.3 Å². The van der Waals surface area contributed by atoms with Crippen molar-refractivity contribution >= 4 is 12.0 Å². The monoisotopic (exact) mass is 173 g/mol. The normalized spacial score (nSPS) is 16.4. The van der Waals surface area contributed by atoms with Gasteiger partial charge >= 0.3 is 0 Å². The van der Waals surface area contributed by atoms with Crippen LogP contribution in [0.5, 0.6) is 0 Å². The van der Waals surface area contributed by atoms with E-state index in [1.807, 2.05) is 25.4 Å². The Bertz CT molecular complexity index is 369. The van der Waals surface area contributed by atoms with Gasteiger partial charge in [-0.15, -0.1) is 0 Å². The number of hydrogen-bond acceptors (Lipinski definition) is 2. The van der Waals surface area contributed by atoms with E-state index >= 15 is 0 Å². The maximum atomic E-state index is 4.31. The van der Waals surface area contributed by atoms with Gasteiger partial charge in [-0.1, -0.05) is 6.08 Å². The van der Waals surface area contributed by atoms with Gasteiger partial charge < -0.3 is 0 Å². The average Bonchev–Trinajstić information content (AvgIpc) is 2.56. The van der Waals surface area contributed by atoms with Crippen molar-refractivity contribution in [1.82, 2.24) is 9.78 Å². The zero-order chi connectivity index (χ0) is 9.10. The molecule has 13 heavy (non-hydrogen) atoms. The second kappa shape index (κ2) is 3.39. The van der Waals surface area contributed by atoms with Crippen LogP contribution >= 0.6 is 0 Å². The Morgan fingerprint density at radius 2 is 2.31 bits per heavy atom. The summed E-state index contributed by atoms with van der Waals surface area (Å²) in [5, 5.41) is 4.12. The first kappa shape index (κ1) is 7.98. The first-order chi connectivity index (χ1) is 6.36. The van der Waals surface area contributed by atoms with Crippen LogP contribution in [0.15, 0.2) is 41.2 Å². The van der Waals surface area contributed by atoms with Gasteiger partial charge in [-0.05, 0) is 31.1 Å². The lowest BCUT2D eigenvalue weighted by molar-refractivity contribution is 0.885. The molecule has 0 saturated carbocycles. The Balaban J connectivity index is 2.28. The average molecular weight is 173 g/mol. The third-order valence-electron chi connectivity index (χ3n) is 1.88. The van der Waals surface area contributed by atoms with E-state index in [2.05, 4.69) is 22.2 Å². The first-order valence-electron chi connectivity index (χ1n) is 4.27. The molecule has 3 heteroatoms. The molecule has 66 valence electrons. The van der Waals surface area contributed by atoms with Crippen LogP contribution in [0.3, 0.4) is 0 Å². The summed E-state index contributed by atoms with van der Waals surface area (Å²) in [5.41, 5.74) is 1.19. The molecule has 0 spiro atoms. The number of rotatable bonds is 1. The standard InChI is InChI=1S/C10H11N3/c1-9-4-2-5-10(11-8-9)13-7-3-6-12-13/h3-8H,2H2,1H3. The fourth-order valence-electron chi connectivity index (χ4n) is 1.18. The van der Waals surface area contributed by atoms with Gasteiger partial charge in [-0.3, -0.25) is 0 Å². The van der Waals surface area contributed by atoms with Gasteiger partial charge in [0.1, 0.15) is 5.82 Å². The molecule has 1 aliphatic heterocycles. The van der Waals surface area contributed by atoms with Crippen LogP contribution in [0, 0.1) is 0 Å². The highest BCUT2D eigenvalue weighted by Gasteiger charge is 1.98. The molecular weight excluding hydrogens is 162 g/mol. The summed E-state index contributed by atoms with van der Waals surface area (Å²) in [4.78, 5) is 4.31. The van der Waals surface area contributed by atoms with Gasteiger partial charge in [0.05, 0.1) is 0 Å². The van der Waals surface area contributed by atoms with Crippen LogP contribution in [-0.4, -0.2) is 16.0 Å². The van der Waals surface area contributed by atoms with Gasteiger partial charge in [0.2, 0.25) is 0 Å². The van der Waals surface area contributed by atoms with Crippen molar-refractivity contribution in [2.75, 3.05) is 0 Å². The van der Waals surface area contributed by atoms with E-state index in [9.17, 15) is 0 Å². The van der Waals surface area contributed by atoms with Crippen molar-refractivity contribution < 1.29 is 0 Å². The van der Waals surface area contributed by atoms with Crippen molar-refractivity contribution in [2.24, 2.45) is 4.99 Å². The fraction of sp³-hybridized carbons (Fsp3) is 0.200. The fourth-order valence-corrected chi connectivity index (χ4v) is 1.18. The molecule has 1 aliphatic rings. The largest absolute Gasteiger partial charge is 0.237 e. The zero-order valence-electron chi connectivity index (χ0n) is 7.51. The van der Waals surface area contributed by atoms with Crippen LogP contribution in [0.1, 0.15) is 13.3 Å². The van der Waals surface area contributed by atoms with Crippen LogP contribution in [-0.2, 0) is 0 Å². The molecule has 3 nitrogen and oxygen atoms in total. The molecule has 2 heterocycles. The molecule has 0 bridgehead atoms. The lowest BCUT2D eigenvalue weighted by atomic mass is 10.3. The Kier molecular flexibility index (Phi) is 2.08. The lowest BCUT2D eigenvalue weighted by Gasteiger charge is -1.98. The molecule has 0 N–H and O–H groups in total. The Morgan fingerprint density at radius 1 is 1.38 bits per heavy atom. The van der Waals surface area contributed by atoms with Gasteiger partial charge in [-0.2, -0.15) is 5.10 Å². The Morgan fingerprint density at radius 3 is 3.08 bits per heavy atom. The molecule has 0 unspecified atom stereocenters. The summed E-state index contributed by atoms with van der Waals surface area (Å²) in [6.45, 7) is 2.05. The highest BCUT2D eigenvalue weighted by Crippen LogP contribution is 2.10. The molecule has 0 aromatic carbocycles. The quantitative estimate of drug-likeness (QED) is 0.639. The molecule has 0 amide bonds. The van der Waals surface area contributed by atoms with Crippen LogP contribution in [0.4, 0.5) is 0 Å². The molecule has 0 aliphatic carbocycles. The van der Waals surface area contributed by atoms with Crippen molar-refractivity contribution in [3.63, 3.8) is 0 Å². The van der Waals surface area contributed by atoms with Gasteiger partial charge in [0.25, 0.3) is 0 Å². The zero-order valence-corrected chi connectivity index (χ0v) is 7.51. The Hall–Kier alpha value is -1.64. The minimum atomic E-state index is 0.887. The maximum Gasteiger partial charge on any atom is 0.149 e. The minimum Gasteiger partial charge on any atom is -0.237 e. The van der Waals surface area contributed by atoms with Crippen molar-refractivity contribution in [1.29, 1.82) is 0 Å². The molecule has 1 aromatic rings. The third-order valence-corrected chi connectivity index (χ3v) is 1.88. The van der Waals surface area contributed by atoms with E-state index in [1.165, 1.54) is 5.57 Å². The highest BCUT2D eigenvalue weighted by atomic mass is 15.3. The summed E-state index contributed by atoms with van der Waals surface area (Å²) in [7, 11) is 0. The summed E-state index contributed by atoms with van der Waals surface area (Å²) in [5.74, 6) is 0.887. The predicted molar refractivity (Wildman–Crippen MR) is 53.4 cm³/mol. The smallest absolute Gasteiger partial charge is 0.149 e. The summed E-state index contributed by atoms with van der Waals surface area (Å²) < 4.78 is 1.77. The minimum absolute atomic E-state index is 0.887. The first-order valence-corrected chi connectivity index (χ1v) is 4.27. The van der Waals surface area contributed by atoms with E-state index < -0.39 is 0 Å².